The van der Waals surface area contributed by atoms with Gasteiger partial charge in [0.05, 0.1) is 77.1 Å². The van der Waals surface area contributed by atoms with Crippen molar-refractivity contribution in [2.24, 2.45) is 20.0 Å². The first-order chi connectivity index (χ1) is 51.4. The van der Waals surface area contributed by atoms with Crippen molar-refractivity contribution in [2.75, 3.05) is 54.4 Å². The Labute approximate surface area is 689 Å². The molecule has 0 aromatic heterocycles. The summed E-state index contributed by atoms with van der Waals surface area (Å²) in [6.07, 6.45) is 16.0. The van der Waals surface area contributed by atoms with Crippen molar-refractivity contribution in [3.63, 3.8) is 0 Å². The number of rotatable bonds is 30. The molecule has 614 valence electrons. The van der Waals surface area contributed by atoms with Crippen LogP contribution in [0, 0.1) is 0 Å². The third-order valence-electron chi connectivity index (χ3n) is 18.6. The zero-order chi connectivity index (χ0) is 81.6. The molecule has 8 aromatic carbocycles. The van der Waals surface area contributed by atoms with E-state index in [1.165, 1.54) is 19.6 Å². The minimum absolute atomic E-state index is 0. The first-order valence-corrected chi connectivity index (χ1v) is 40.4. The monoisotopic (exact) mass is 1670 g/mol. The fourth-order valence-corrected chi connectivity index (χ4v) is 12.2. The van der Waals surface area contributed by atoms with Crippen LogP contribution < -0.4 is 40.0 Å². The number of nitrogens with zero attached hydrogens (tertiary/aromatic N) is 4. The molecule has 4 unspecified atom stereocenters. The predicted octanol–water partition coefficient (Wildman–Crippen LogP) is 9.76. The van der Waals surface area contributed by atoms with Crippen molar-refractivity contribution < 1.29 is 109 Å². The van der Waals surface area contributed by atoms with Crippen LogP contribution in [0.4, 0.5) is 22.7 Å². The van der Waals surface area contributed by atoms with Crippen molar-refractivity contribution in [3.05, 3.63) is 237 Å². The maximum Gasteiger partial charge on any atom is 2.00 e. The van der Waals surface area contributed by atoms with E-state index in [1.807, 2.05) is 146 Å². The van der Waals surface area contributed by atoms with Gasteiger partial charge in [-0.1, -0.05) is 227 Å². The van der Waals surface area contributed by atoms with E-state index in [0.717, 1.165) is 145 Å². The zero-order valence-corrected chi connectivity index (χ0v) is 71.4. The zero-order valence-electron chi connectivity index (χ0n) is 67.9. The molecule has 0 aliphatic heterocycles. The number of hydrogen-bond acceptors (Lipinski definition) is 16. The van der Waals surface area contributed by atoms with Gasteiger partial charge in [-0.2, -0.15) is 0 Å². The second kappa shape index (κ2) is 46.6. The molecular formula is C88H116Cu2N8O12S2. The van der Waals surface area contributed by atoms with Crippen LogP contribution in [0.15, 0.2) is 190 Å². The summed E-state index contributed by atoms with van der Waals surface area (Å²) in [6.45, 7) is 33.1. The van der Waals surface area contributed by atoms with Crippen molar-refractivity contribution in [2.45, 2.75) is 182 Å². The summed E-state index contributed by atoms with van der Waals surface area (Å²) in [6, 6.07) is 55.5. The summed E-state index contributed by atoms with van der Waals surface area (Å²) < 4.78 is 68.2. The number of nitrogens with one attached hydrogen (secondary N) is 4. The minimum atomic E-state index is -5.17. The Morgan fingerprint density at radius 3 is 0.607 bits per heavy atom. The van der Waals surface area contributed by atoms with Gasteiger partial charge in [-0.25, -0.2) is 0 Å². The third kappa shape index (κ3) is 37.9. The molecule has 24 heteroatoms. The van der Waals surface area contributed by atoms with Crippen LogP contribution in [0.5, 0.6) is 23.0 Å². The van der Waals surface area contributed by atoms with E-state index in [2.05, 4.69) is 156 Å². The van der Waals surface area contributed by atoms with E-state index in [1.54, 1.807) is 24.9 Å². The molecule has 20 nitrogen and oxygen atoms in total. The van der Waals surface area contributed by atoms with Crippen LogP contribution in [-0.4, -0.2) is 114 Å². The number of para-hydroxylation sites is 4. The Hall–Kier alpha value is -7.74. The van der Waals surface area contributed by atoms with Gasteiger partial charge in [-0.05, 0) is 188 Å². The van der Waals surface area contributed by atoms with Crippen LogP contribution in [0.2, 0.25) is 0 Å². The molecule has 8 aromatic rings. The average Bonchev–Trinajstić information content (AvgIpc) is 0.824. The summed E-state index contributed by atoms with van der Waals surface area (Å²) in [5.74, 6) is 0.307. The molecule has 0 aliphatic carbocycles. The van der Waals surface area contributed by atoms with Gasteiger partial charge in [0, 0.05) is 45.7 Å². The van der Waals surface area contributed by atoms with Crippen LogP contribution in [0.1, 0.15) is 201 Å². The Morgan fingerprint density at radius 1 is 0.295 bits per heavy atom. The van der Waals surface area contributed by atoms with Crippen LogP contribution in [0.3, 0.4) is 0 Å². The first-order valence-electron chi connectivity index (χ1n) is 37.7. The van der Waals surface area contributed by atoms with Crippen molar-refractivity contribution >= 4 is 68.4 Å². The van der Waals surface area contributed by atoms with Gasteiger partial charge in [0.25, 0.3) is 0 Å². The van der Waals surface area contributed by atoms with Gasteiger partial charge >= 0.3 is 34.1 Å². The van der Waals surface area contributed by atoms with Crippen LogP contribution in [0.25, 0.3) is 0 Å². The van der Waals surface area contributed by atoms with Crippen molar-refractivity contribution in [1.82, 2.24) is 0 Å². The molecule has 0 heterocycles. The summed E-state index contributed by atoms with van der Waals surface area (Å²) in [5.41, 5.74) is 13.8. The quantitative estimate of drug-likeness (QED) is 0.0107. The van der Waals surface area contributed by atoms with E-state index < -0.39 is 20.8 Å². The number of unbranched alkanes of at least 4 members (excludes halogenated alkanes) is 6. The maximum atomic E-state index is 13.5. The molecule has 0 spiro atoms. The molecule has 0 bridgehead atoms. The molecule has 2 radical (unpaired) electrons. The van der Waals surface area contributed by atoms with E-state index in [9.17, 15) is 20.4 Å². The SMILES string of the molecule is C[NH+](CCCCCC[NH+](C)Cc1cc(C(C)(C)C)cc(C=Nc2ccccc2)c1[O-])Cc1cc(C(C)(C)C)cc(C=Nc2ccccc2)c1[O-].C[NH+](CCCCCC[NH+](C)Cc1cc(C(C)(C)C)cc(C=Nc2ccccc2)c1[O-])Cc1cc(C(C)(C)C)cc(C=Nc2ccccc2)c1[O-].O=S(=O)([O-])[O-].O=S(=O)([O-])[O-].[Cu+2].[Cu+2]. The van der Waals surface area contributed by atoms with E-state index in [0.29, 0.717) is 48.4 Å². The standard InChI is InChI=1S/2C44H58N4O2.2Cu.2H2O4S/c2*1-43(2,3)37-25-33(29-45-39-19-13-11-14-20-39)41(49)35(27-37)31-47(7)23-17-9-10-18-24-48(8)32-36-28-38(44(4,5)6)26-34(42(36)50)30-46-40-21-15-12-16-22-40;;;2*1-5(2,3)4/h2*11-16,19-22,25-30,49-50H,9-10,17-18,23-24,31-32H2,1-8H3;;;2*(H2,1,2,3,4)/q;;2*+2;;/p-4. The number of hydrogen-bond donors (Lipinski definition) is 4. The van der Waals surface area contributed by atoms with E-state index in [4.69, 9.17) is 35.0 Å². The van der Waals surface area contributed by atoms with Gasteiger partial charge in [0.1, 0.15) is 26.2 Å². The van der Waals surface area contributed by atoms with Crippen LogP contribution >= 0.6 is 0 Å². The minimum Gasteiger partial charge on any atom is -0.872 e. The smallest absolute Gasteiger partial charge is 0.872 e. The first kappa shape index (κ1) is 98.5. The van der Waals surface area contributed by atoms with Crippen LogP contribution in [-0.2, 0) is 103 Å². The fraction of sp³-hybridized carbons (Fsp3) is 0.409. The van der Waals surface area contributed by atoms with Gasteiger partial charge in [0.2, 0.25) is 0 Å². The summed E-state index contributed by atoms with van der Waals surface area (Å²) in [7, 11) is -1.60. The maximum absolute atomic E-state index is 13.5. The third-order valence-corrected chi connectivity index (χ3v) is 18.6. The summed E-state index contributed by atoms with van der Waals surface area (Å²) in [5, 5.41) is 53.9. The molecule has 0 fully saturated rings. The number of aliphatic imine (C=N–C) groups is 4. The molecule has 4 N–H and O–H groups in total. The Morgan fingerprint density at radius 2 is 0.455 bits per heavy atom. The molecule has 8 rings (SSSR count). The average molecular weight is 1670 g/mol. The second-order valence-corrected chi connectivity index (χ2v) is 34.4. The fourth-order valence-electron chi connectivity index (χ4n) is 12.2. The Bertz CT molecular complexity index is 3970. The summed E-state index contributed by atoms with van der Waals surface area (Å²) in [4.78, 5) is 23.7. The van der Waals surface area contributed by atoms with Gasteiger partial charge in [-0.15, -0.1) is 0 Å². The normalized spacial score (nSPS) is 13.2. The predicted molar refractivity (Wildman–Crippen MR) is 433 cm³/mol. The molecule has 0 aliphatic rings. The topological polar surface area (TPSA) is 320 Å². The van der Waals surface area contributed by atoms with E-state index in [-0.39, 0.29) is 78.8 Å². The number of benzene rings is 8. The van der Waals surface area contributed by atoms with Crippen molar-refractivity contribution in [1.29, 1.82) is 0 Å². The van der Waals surface area contributed by atoms with Gasteiger partial charge in [0.15, 0.2) is 0 Å². The Kier molecular flexibility index (Phi) is 40.9. The van der Waals surface area contributed by atoms with Gasteiger partial charge in [-0.3, -0.25) is 36.8 Å². The largest absolute Gasteiger partial charge is 2.00 e. The Balaban J connectivity index is 0.000000509. The second-order valence-electron chi connectivity index (χ2n) is 32.8. The van der Waals surface area contributed by atoms with Crippen molar-refractivity contribution in [3.8, 4) is 23.0 Å². The molecule has 0 amide bonds. The molecule has 112 heavy (non-hydrogen) atoms. The summed E-state index contributed by atoms with van der Waals surface area (Å²) >= 11 is 0. The molecule has 0 saturated heterocycles. The molecular weight excluding hydrogens is 1550 g/mol. The van der Waals surface area contributed by atoms with E-state index >= 15 is 0 Å². The number of quaternary nitrogens is 4. The molecule has 4 atom stereocenters. The van der Waals surface area contributed by atoms with Gasteiger partial charge < -0.3 is 58.2 Å². The molecule has 0 saturated carbocycles.